The lowest BCUT2D eigenvalue weighted by molar-refractivity contribution is -0.139. The van der Waals surface area contributed by atoms with Crippen LogP contribution in [-0.2, 0) is 19.1 Å². The van der Waals surface area contributed by atoms with Gasteiger partial charge in [0.15, 0.2) is 0 Å². The summed E-state index contributed by atoms with van der Waals surface area (Å²) < 4.78 is 9.65. The molecule has 1 aliphatic rings. The number of carbonyl (C=O) groups excluding carboxylic acids is 1. The van der Waals surface area contributed by atoms with Gasteiger partial charge in [0, 0.05) is 5.57 Å². The second kappa shape index (κ2) is 4.75. The van der Waals surface area contributed by atoms with E-state index in [0.717, 1.165) is 0 Å². The van der Waals surface area contributed by atoms with Crippen LogP contribution in [0.2, 0.25) is 0 Å². The fourth-order valence-electron chi connectivity index (χ4n) is 0.808. The highest BCUT2D eigenvalue weighted by Gasteiger charge is 2.24. The van der Waals surface area contributed by atoms with Crippen LogP contribution in [0.3, 0.4) is 0 Å². The van der Waals surface area contributed by atoms with Crippen molar-refractivity contribution < 1.29 is 24.2 Å². The van der Waals surface area contributed by atoms with Crippen LogP contribution in [-0.4, -0.2) is 36.4 Å². The van der Waals surface area contributed by atoms with Crippen LogP contribution in [0.15, 0.2) is 23.8 Å². The molecule has 1 N–H and O–H groups in total. The van der Waals surface area contributed by atoms with Gasteiger partial charge in [0.25, 0.3) is 0 Å². The first-order valence-corrected chi connectivity index (χ1v) is 4.40. The van der Waals surface area contributed by atoms with Crippen molar-refractivity contribution in [3.63, 3.8) is 0 Å². The lowest BCUT2D eigenvalue weighted by Gasteiger charge is -2.02. The zero-order valence-electron chi connectivity index (χ0n) is 8.36. The van der Waals surface area contributed by atoms with Gasteiger partial charge in [-0.25, -0.2) is 9.59 Å². The van der Waals surface area contributed by atoms with Crippen LogP contribution in [0.5, 0.6) is 0 Å². The van der Waals surface area contributed by atoms with E-state index >= 15 is 0 Å². The molecule has 1 heterocycles. The van der Waals surface area contributed by atoms with Gasteiger partial charge in [-0.3, -0.25) is 0 Å². The normalized spacial score (nSPS) is 19.5. The fraction of sp³-hybridized carbons (Fsp3) is 0.400. The van der Waals surface area contributed by atoms with Gasteiger partial charge in [0.2, 0.25) is 0 Å². The molecule has 1 fully saturated rings. The Labute approximate surface area is 87.0 Å². The minimum absolute atomic E-state index is 0.00806. The van der Waals surface area contributed by atoms with E-state index in [2.05, 4.69) is 6.58 Å². The zero-order valence-corrected chi connectivity index (χ0v) is 8.36. The first-order chi connectivity index (χ1) is 7.00. The minimum atomic E-state index is -1.09. The molecule has 15 heavy (non-hydrogen) atoms. The molecule has 0 bridgehead atoms. The third kappa shape index (κ3) is 3.95. The lowest BCUT2D eigenvalue weighted by Crippen LogP contribution is -2.11. The summed E-state index contributed by atoms with van der Waals surface area (Å²) in [6, 6.07) is 0. The van der Waals surface area contributed by atoms with Gasteiger partial charge in [-0.15, -0.1) is 0 Å². The van der Waals surface area contributed by atoms with E-state index < -0.39 is 11.9 Å². The summed E-state index contributed by atoms with van der Waals surface area (Å²) in [6.45, 7) is 5.59. The van der Waals surface area contributed by atoms with Gasteiger partial charge in [-0.1, -0.05) is 6.58 Å². The molecule has 1 saturated heterocycles. The van der Waals surface area contributed by atoms with Crippen LogP contribution >= 0.6 is 0 Å². The average molecular weight is 212 g/mol. The lowest BCUT2D eigenvalue weighted by atomic mass is 10.2. The Morgan fingerprint density at radius 3 is 2.73 bits per heavy atom. The monoisotopic (exact) mass is 212 g/mol. The van der Waals surface area contributed by atoms with Crippen molar-refractivity contribution in [1.82, 2.24) is 0 Å². The summed E-state index contributed by atoms with van der Waals surface area (Å²) in [5.41, 5.74) is 0.0650. The van der Waals surface area contributed by atoms with E-state index in [1.165, 1.54) is 13.0 Å². The highest BCUT2D eigenvalue weighted by Crippen LogP contribution is 2.10. The molecule has 0 spiro atoms. The average Bonchev–Trinajstić information content (AvgIpc) is 2.97. The van der Waals surface area contributed by atoms with Crippen molar-refractivity contribution in [1.29, 1.82) is 0 Å². The fourth-order valence-corrected chi connectivity index (χ4v) is 0.808. The predicted octanol–water partition coefficient (Wildman–Crippen LogP) is 0.515. The molecule has 1 atom stereocenters. The van der Waals surface area contributed by atoms with Crippen molar-refractivity contribution in [2.75, 3.05) is 13.2 Å². The molecular formula is C10H12O5. The van der Waals surface area contributed by atoms with E-state index in [1.807, 2.05) is 0 Å². The molecule has 0 aromatic carbocycles. The molecule has 1 rings (SSSR count). The largest absolute Gasteiger partial charge is 0.478 e. The van der Waals surface area contributed by atoms with Crippen molar-refractivity contribution >= 4 is 11.9 Å². The Morgan fingerprint density at radius 2 is 2.27 bits per heavy atom. The molecule has 1 unspecified atom stereocenters. The molecule has 0 radical (unpaired) electrons. The van der Waals surface area contributed by atoms with Crippen molar-refractivity contribution in [3.05, 3.63) is 23.8 Å². The topological polar surface area (TPSA) is 76.1 Å². The Balaban J connectivity index is 2.40. The maximum Gasteiger partial charge on any atom is 0.337 e. The zero-order chi connectivity index (χ0) is 11.4. The maximum atomic E-state index is 11.2. The van der Waals surface area contributed by atoms with Gasteiger partial charge in [-0.05, 0) is 13.0 Å². The van der Waals surface area contributed by atoms with Gasteiger partial charge in [-0.2, -0.15) is 0 Å². The number of rotatable bonds is 5. The summed E-state index contributed by atoms with van der Waals surface area (Å²) in [5.74, 6) is -1.71. The molecule has 0 aromatic rings. The molecular weight excluding hydrogens is 200 g/mol. The molecule has 0 aliphatic carbocycles. The Hall–Kier alpha value is -1.62. The predicted molar refractivity (Wildman–Crippen MR) is 51.2 cm³/mol. The van der Waals surface area contributed by atoms with E-state index in [-0.39, 0.29) is 23.9 Å². The summed E-state index contributed by atoms with van der Waals surface area (Å²) >= 11 is 0. The molecule has 0 saturated carbocycles. The summed E-state index contributed by atoms with van der Waals surface area (Å²) in [7, 11) is 0. The molecule has 5 nitrogen and oxygen atoms in total. The smallest absolute Gasteiger partial charge is 0.337 e. The number of hydrogen-bond acceptors (Lipinski definition) is 4. The SMILES string of the molecule is C=C(C=C(C)C(=O)O)C(=O)OCC1CO1. The molecule has 0 aromatic heterocycles. The van der Waals surface area contributed by atoms with Crippen molar-refractivity contribution in [2.45, 2.75) is 13.0 Å². The highest BCUT2D eigenvalue weighted by atomic mass is 16.6. The number of hydrogen-bond donors (Lipinski definition) is 1. The summed E-state index contributed by atoms with van der Waals surface area (Å²) in [4.78, 5) is 21.7. The van der Waals surface area contributed by atoms with Crippen LogP contribution in [0.25, 0.3) is 0 Å². The van der Waals surface area contributed by atoms with Gasteiger partial charge in [0.1, 0.15) is 12.7 Å². The third-order valence-electron chi connectivity index (χ3n) is 1.79. The first kappa shape index (κ1) is 11.5. The van der Waals surface area contributed by atoms with Gasteiger partial charge < -0.3 is 14.6 Å². The van der Waals surface area contributed by atoms with Gasteiger partial charge in [0.05, 0.1) is 12.2 Å². The number of carbonyl (C=O) groups is 2. The minimum Gasteiger partial charge on any atom is -0.478 e. The second-order valence-corrected chi connectivity index (χ2v) is 3.21. The van der Waals surface area contributed by atoms with Crippen LogP contribution < -0.4 is 0 Å². The Bertz CT molecular complexity index is 325. The van der Waals surface area contributed by atoms with E-state index in [9.17, 15) is 9.59 Å². The van der Waals surface area contributed by atoms with Crippen LogP contribution in [0.1, 0.15) is 6.92 Å². The number of epoxide rings is 1. The number of carboxylic acid groups (broad SMARTS) is 1. The molecule has 5 heteroatoms. The Morgan fingerprint density at radius 1 is 1.67 bits per heavy atom. The molecule has 0 amide bonds. The van der Waals surface area contributed by atoms with E-state index in [0.29, 0.717) is 6.61 Å². The van der Waals surface area contributed by atoms with E-state index in [4.69, 9.17) is 14.6 Å². The van der Waals surface area contributed by atoms with Crippen molar-refractivity contribution in [3.8, 4) is 0 Å². The third-order valence-corrected chi connectivity index (χ3v) is 1.79. The Kier molecular flexibility index (Phi) is 3.62. The van der Waals surface area contributed by atoms with Crippen LogP contribution in [0.4, 0.5) is 0 Å². The second-order valence-electron chi connectivity index (χ2n) is 3.21. The van der Waals surface area contributed by atoms with Crippen LogP contribution in [0, 0.1) is 0 Å². The first-order valence-electron chi connectivity index (χ1n) is 4.40. The molecule has 82 valence electrons. The summed E-state index contributed by atoms with van der Waals surface area (Å²) in [6.07, 6.45) is 1.17. The standard InChI is InChI=1S/C10H12O5/c1-6(9(11)12)3-7(2)10(13)15-5-8-4-14-8/h3,8H,2,4-5H2,1H3,(H,11,12). The quantitative estimate of drug-likeness (QED) is 0.311. The van der Waals surface area contributed by atoms with Gasteiger partial charge >= 0.3 is 11.9 Å². The maximum absolute atomic E-state index is 11.2. The summed E-state index contributed by atoms with van der Waals surface area (Å²) in [5, 5.41) is 8.56. The molecule has 1 aliphatic heterocycles. The number of carboxylic acids is 1. The number of aliphatic carboxylic acids is 1. The van der Waals surface area contributed by atoms with Crippen molar-refractivity contribution in [2.24, 2.45) is 0 Å². The highest BCUT2D eigenvalue weighted by molar-refractivity contribution is 5.94. The van der Waals surface area contributed by atoms with E-state index in [1.54, 1.807) is 0 Å². The number of esters is 1. The number of ether oxygens (including phenoxy) is 2.